The Morgan fingerprint density at radius 3 is 2.57 bits per heavy atom. The standard InChI is InChI=1S/C14H20N2O5/c17-8-7-16(10-12-4-2-1-3-5-12)14(20)15-6-9-21-11-13(18)19/h1-5,17H,6-11H2,(H,15,20)(H,18,19). The predicted molar refractivity (Wildman–Crippen MR) is 75.8 cm³/mol. The van der Waals surface area contributed by atoms with Crippen molar-refractivity contribution in [2.45, 2.75) is 6.54 Å². The maximum Gasteiger partial charge on any atom is 0.329 e. The van der Waals surface area contributed by atoms with Crippen LogP contribution in [0, 0.1) is 0 Å². The van der Waals surface area contributed by atoms with Gasteiger partial charge in [-0.05, 0) is 5.56 Å². The zero-order valence-corrected chi connectivity index (χ0v) is 11.7. The molecule has 0 spiro atoms. The van der Waals surface area contributed by atoms with Gasteiger partial charge in [0.05, 0.1) is 13.2 Å². The van der Waals surface area contributed by atoms with Crippen LogP contribution in [0.3, 0.4) is 0 Å². The lowest BCUT2D eigenvalue weighted by Crippen LogP contribution is -2.42. The third-order valence-electron chi connectivity index (χ3n) is 2.62. The Kier molecular flexibility index (Phi) is 7.85. The number of amides is 2. The monoisotopic (exact) mass is 296 g/mol. The normalized spacial score (nSPS) is 10.1. The van der Waals surface area contributed by atoms with E-state index in [9.17, 15) is 9.59 Å². The number of carboxylic acids is 1. The summed E-state index contributed by atoms with van der Waals surface area (Å²) in [5, 5.41) is 20.0. The lowest BCUT2D eigenvalue weighted by Gasteiger charge is -2.22. The number of urea groups is 1. The second-order valence-corrected chi connectivity index (χ2v) is 4.31. The fourth-order valence-corrected chi connectivity index (χ4v) is 1.68. The van der Waals surface area contributed by atoms with Gasteiger partial charge in [-0.3, -0.25) is 0 Å². The molecule has 1 aromatic rings. The van der Waals surface area contributed by atoms with E-state index in [1.807, 2.05) is 30.3 Å². The van der Waals surface area contributed by atoms with Crippen LogP contribution in [0.5, 0.6) is 0 Å². The number of nitrogens with zero attached hydrogens (tertiary/aromatic N) is 1. The molecule has 0 aliphatic heterocycles. The highest BCUT2D eigenvalue weighted by atomic mass is 16.5. The Morgan fingerprint density at radius 1 is 1.24 bits per heavy atom. The van der Waals surface area contributed by atoms with Gasteiger partial charge in [-0.2, -0.15) is 0 Å². The highest BCUT2D eigenvalue weighted by Gasteiger charge is 2.12. The fourth-order valence-electron chi connectivity index (χ4n) is 1.68. The van der Waals surface area contributed by atoms with E-state index in [1.165, 1.54) is 4.90 Å². The average molecular weight is 296 g/mol. The van der Waals surface area contributed by atoms with E-state index in [1.54, 1.807) is 0 Å². The molecule has 7 heteroatoms. The summed E-state index contributed by atoms with van der Waals surface area (Å²) in [6.45, 7) is 0.426. The molecule has 116 valence electrons. The number of nitrogens with one attached hydrogen (secondary N) is 1. The van der Waals surface area contributed by atoms with Gasteiger partial charge < -0.3 is 25.2 Å². The van der Waals surface area contributed by atoms with E-state index >= 15 is 0 Å². The fraction of sp³-hybridized carbons (Fsp3) is 0.429. The first-order valence-electron chi connectivity index (χ1n) is 6.60. The first-order chi connectivity index (χ1) is 10.1. The number of benzene rings is 1. The van der Waals surface area contributed by atoms with Gasteiger partial charge in [-0.15, -0.1) is 0 Å². The molecule has 7 nitrogen and oxygen atoms in total. The Hall–Kier alpha value is -2.12. The summed E-state index contributed by atoms with van der Waals surface area (Å²) in [7, 11) is 0. The number of carbonyl (C=O) groups excluding carboxylic acids is 1. The number of rotatable bonds is 9. The molecule has 0 unspecified atom stereocenters. The Morgan fingerprint density at radius 2 is 1.95 bits per heavy atom. The highest BCUT2D eigenvalue weighted by Crippen LogP contribution is 2.04. The van der Waals surface area contributed by atoms with Crippen LogP contribution in [0.1, 0.15) is 5.56 Å². The molecule has 21 heavy (non-hydrogen) atoms. The molecule has 0 atom stereocenters. The van der Waals surface area contributed by atoms with Gasteiger partial charge in [0, 0.05) is 19.6 Å². The van der Waals surface area contributed by atoms with Crippen LogP contribution in [0.4, 0.5) is 4.79 Å². The van der Waals surface area contributed by atoms with E-state index in [-0.39, 0.29) is 38.9 Å². The number of aliphatic hydroxyl groups excluding tert-OH is 1. The summed E-state index contributed by atoms with van der Waals surface area (Å²) in [5.74, 6) is -1.05. The summed E-state index contributed by atoms with van der Waals surface area (Å²) in [4.78, 5) is 23.7. The number of hydrogen-bond acceptors (Lipinski definition) is 4. The van der Waals surface area contributed by atoms with Crippen molar-refractivity contribution in [1.82, 2.24) is 10.2 Å². The molecule has 0 fully saturated rings. The molecule has 0 aromatic heterocycles. The summed E-state index contributed by atoms with van der Waals surface area (Å²) in [5.41, 5.74) is 0.961. The Bertz CT molecular complexity index is 438. The van der Waals surface area contributed by atoms with E-state index in [0.717, 1.165) is 5.56 Å². The van der Waals surface area contributed by atoms with Gasteiger partial charge in [0.25, 0.3) is 0 Å². The van der Waals surface area contributed by atoms with Crippen molar-refractivity contribution in [3.05, 3.63) is 35.9 Å². The van der Waals surface area contributed by atoms with Crippen molar-refractivity contribution in [3.8, 4) is 0 Å². The zero-order valence-electron chi connectivity index (χ0n) is 11.7. The van der Waals surface area contributed by atoms with Gasteiger partial charge in [0.15, 0.2) is 0 Å². The maximum absolute atomic E-state index is 12.0. The lowest BCUT2D eigenvalue weighted by atomic mass is 10.2. The van der Waals surface area contributed by atoms with E-state index < -0.39 is 5.97 Å². The van der Waals surface area contributed by atoms with Crippen molar-refractivity contribution in [2.24, 2.45) is 0 Å². The summed E-state index contributed by atoms with van der Waals surface area (Å²) in [6, 6.07) is 9.11. The summed E-state index contributed by atoms with van der Waals surface area (Å²) < 4.78 is 4.82. The third kappa shape index (κ3) is 7.28. The number of aliphatic hydroxyl groups is 1. The van der Waals surface area contributed by atoms with Crippen LogP contribution in [-0.4, -0.2) is 60.0 Å². The molecule has 0 heterocycles. The minimum atomic E-state index is -1.05. The predicted octanol–water partition coefficient (Wildman–Crippen LogP) is 0.292. The highest BCUT2D eigenvalue weighted by molar-refractivity contribution is 5.74. The number of ether oxygens (including phenoxy) is 1. The van der Waals surface area contributed by atoms with Crippen LogP contribution in [0.2, 0.25) is 0 Å². The van der Waals surface area contributed by atoms with Crippen LogP contribution >= 0.6 is 0 Å². The van der Waals surface area contributed by atoms with E-state index in [2.05, 4.69) is 5.32 Å². The number of carboxylic acid groups (broad SMARTS) is 1. The Labute approximate surface area is 123 Å². The van der Waals surface area contributed by atoms with E-state index in [0.29, 0.717) is 6.54 Å². The van der Waals surface area contributed by atoms with Gasteiger partial charge in [0.2, 0.25) is 0 Å². The molecule has 0 saturated carbocycles. The molecule has 0 aliphatic carbocycles. The van der Waals surface area contributed by atoms with Crippen molar-refractivity contribution in [1.29, 1.82) is 0 Å². The second kappa shape index (κ2) is 9.73. The molecular formula is C14H20N2O5. The summed E-state index contributed by atoms with van der Waals surface area (Å²) in [6.07, 6.45) is 0. The molecule has 1 aromatic carbocycles. The molecule has 1 rings (SSSR count). The quantitative estimate of drug-likeness (QED) is 0.569. The van der Waals surface area contributed by atoms with Crippen LogP contribution in [0.15, 0.2) is 30.3 Å². The average Bonchev–Trinajstić information content (AvgIpc) is 2.47. The van der Waals surface area contributed by atoms with E-state index in [4.69, 9.17) is 14.9 Å². The van der Waals surface area contributed by atoms with Gasteiger partial charge >= 0.3 is 12.0 Å². The number of carbonyl (C=O) groups is 2. The molecule has 0 saturated heterocycles. The minimum Gasteiger partial charge on any atom is -0.480 e. The molecule has 2 amide bonds. The molecule has 0 radical (unpaired) electrons. The second-order valence-electron chi connectivity index (χ2n) is 4.31. The molecular weight excluding hydrogens is 276 g/mol. The minimum absolute atomic E-state index is 0.121. The third-order valence-corrected chi connectivity index (χ3v) is 2.62. The van der Waals surface area contributed by atoms with Gasteiger partial charge in [-0.1, -0.05) is 30.3 Å². The topological polar surface area (TPSA) is 99.1 Å². The van der Waals surface area contributed by atoms with Crippen LogP contribution in [0.25, 0.3) is 0 Å². The van der Waals surface area contributed by atoms with Gasteiger partial charge in [-0.25, -0.2) is 9.59 Å². The molecule has 3 N–H and O–H groups in total. The maximum atomic E-state index is 12.0. The molecule has 0 aliphatic rings. The Balaban J connectivity index is 2.37. The summed E-state index contributed by atoms with van der Waals surface area (Å²) >= 11 is 0. The smallest absolute Gasteiger partial charge is 0.329 e. The van der Waals surface area contributed by atoms with Crippen molar-refractivity contribution >= 4 is 12.0 Å². The van der Waals surface area contributed by atoms with Crippen molar-refractivity contribution < 1.29 is 24.5 Å². The van der Waals surface area contributed by atoms with Crippen LogP contribution < -0.4 is 5.32 Å². The number of aliphatic carboxylic acids is 1. The lowest BCUT2D eigenvalue weighted by molar-refractivity contribution is -0.142. The van der Waals surface area contributed by atoms with Gasteiger partial charge in [0.1, 0.15) is 6.61 Å². The molecule has 0 bridgehead atoms. The zero-order chi connectivity index (χ0) is 15.5. The number of hydrogen-bond donors (Lipinski definition) is 3. The van der Waals surface area contributed by atoms with Crippen molar-refractivity contribution in [3.63, 3.8) is 0 Å². The van der Waals surface area contributed by atoms with Crippen molar-refractivity contribution in [2.75, 3.05) is 32.9 Å². The van der Waals surface area contributed by atoms with Crippen LogP contribution in [-0.2, 0) is 16.1 Å². The SMILES string of the molecule is O=C(O)COCCNC(=O)N(CCO)Cc1ccccc1. The first kappa shape index (κ1) is 16.9. The largest absolute Gasteiger partial charge is 0.480 e. The first-order valence-corrected chi connectivity index (χ1v) is 6.60.